The molecule has 108 valence electrons. The Labute approximate surface area is 129 Å². The molecule has 0 radical (unpaired) electrons. The van der Waals surface area contributed by atoms with Crippen LogP contribution in [-0.2, 0) is 13.0 Å². The molecule has 0 aliphatic heterocycles. The van der Waals surface area contributed by atoms with Gasteiger partial charge in [-0.05, 0) is 42.5 Å². The Morgan fingerprint density at radius 1 is 1.19 bits per heavy atom. The van der Waals surface area contributed by atoms with E-state index in [-0.39, 0.29) is 0 Å². The summed E-state index contributed by atoms with van der Waals surface area (Å²) in [6, 6.07) is 12.5. The normalized spacial score (nSPS) is 10.8. The third-order valence-electron chi connectivity index (χ3n) is 3.49. The van der Waals surface area contributed by atoms with E-state index in [0.29, 0.717) is 0 Å². The van der Waals surface area contributed by atoms with E-state index in [1.54, 1.807) is 11.3 Å². The van der Waals surface area contributed by atoms with Crippen LogP contribution in [0.25, 0.3) is 5.69 Å². The van der Waals surface area contributed by atoms with Crippen LogP contribution in [0.5, 0.6) is 0 Å². The molecule has 3 aromatic rings. The Morgan fingerprint density at radius 2 is 2.00 bits per heavy atom. The van der Waals surface area contributed by atoms with Crippen molar-refractivity contribution in [3.8, 4) is 5.69 Å². The predicted octanol–water partition coefficient (Wildman–Crippen LogP) is 4.42. The van der Waals surface area contributed by atoms with Crippen LogP contribution >= 0.6 is 11.3 Å². The summed E-state index contributed by atoms with van der Waals surface area (Å²) in [6.45, 7) is 5.04. The second-order valence-electron chi connectivity index (χ2n) is 4.99. The molecule has 1 N–H and O–H groups in total. The first kappa shape index (κ1) is 13.9. The summed E-state index contributed by atoms with van der Waals surface area (Å²) in [5, 5.41) is 5.63. The summed E-state index contributed by atoms with van der Waals surface area (Å²) in [6.07, 6.45) is 3.14. The van der Waals surface area contributed by atoms with Crippen LogP contribution in [0, 0.1) is 6.92 Å². The lowest BCUT2D eigenvalue weighted by Crippen LogP contribution is -2.06. The van der Waals surface area contributed by atoms with Crippen molar-refractivity contribution < 1.29 is 0 Å². The average molecular weight is 297 g/mol. The first-order chi connectivity index (χ1) is 10.3. The SMILES string of the molecule is CCc1ccsc1CNc1nc(C)cn1-c1ccccc1. The molecule has 2 aromatic heterocycles. The van der Waals surface area contributed by atoms with E-state index in [9.17, 15) is 0 Å². The maximum atomic E-state index is 4.60. The minimum atomic E-state index is 0.824. The second-order valence-corrected chi connectivity index (χ2v) is 5.99. The molecule has 3 nitrogen and oxygen atoms in total. The van der Waals surface area contributed by atoms with Gasteiger partial charge in [-0.1, -0.05) is 25.1 Å². The van der Waals surface area contributed by atoms with Gasteiger partial charge in [0.25, 0.3) is 0 Å². The molecular weight excluding hydrogens is 278 g/mol. The Kier molecular flexibility index (Phi) is 4.06. The number of aromatic nitrogens is 2. The van der Waals surface area contributed by atoms with E-state index in [2.05, 4.69) is 51.6 Å². The zero-order chi connectivity index (χ0) is 14.7. The topological polar surface area (TPSA) is 29.9 Å². The summed E-state index contributed by atoms with van der Waals surface area (Å²) < 4.78 is 2.11. The fourth-order valence-electron chi connectivity index (χ4n) is 2.40. The van der Waals surface area contributed by atoms with Gasteiger partial charge in [0, 0.05) is 16.8 Å². The molecule has 0 bridgehead atoms. The number of nitrogens with zero attached hydrogens (tertiary/aromatic N) is 2. The quantitative estimate of drug-likeness (QED) is 0.755. The van der Waals surface area contributed by atoms with Crippen LogP contribution in [-0.4, -0.2) is 9.55 Å². The maximum absolute atomic E-state index is 4.60. The van der Waals surface area contributed by atoms with E-state index in [4.69, 9.17) is 0 Å². The molecule has 21 heavy (non-hydrogen) atoms. The summed E-state index contributed by atoms with van der Waals surface area (Å²) in [5.74, 6) is 0.897. The number of benzene rings is 1. The lowest BCUT2D eigenvalue weighted by atomic mass is 10.2. The highest BCUT2D eigenvalue weighted by Gasteiger charge is 2.08. The largest absolute Gasteiger partial charge is 0.350 e. The highest BCUT2D eigenvalue weighted by atomic mass is 32.1. The van der Waals surface area contributed by atoms with Crippen molar-refractivity contribution in [1.29, 1.82) is 0 Å². The van der Waals surface area contributed by atoms with Crippen molar-refractivity contribution in [2.24, 2.45) is 0 Å². The molecule has 0 aliphatic rings. The summed E-state index contributed by atoms with van der Waals surface area (Å²) in [4.78, 5) is 5.99. The van der Waals surface area contributed by atoms with E-state index in [1.165, 1.54) is 10.4 Å². The van der Waals surface area contributed by atoms with Gasteiger partial charge in [0.1, 0.15) is 0 Å². The molecule has 0 amide bonds. The van der Waals surface area contributed by atoms with Crippen LogP contribution in [0.4, 0.5) is 5.95 Å². The minimum Gasteiger partial charge on any atom is -0.350 e. The van der Waals surface area contributed by atoms with Crippen LogP contribution in [0.1, 0.15) is 23.1 Å². The molecule has 4 heteroatoms. The number of imidazole rings is 1. The Hall–Kier alpha value is -2.07. The first-order valence-corrected chi connectivity index (χ1v) is 8.06. The van der Waals surface area contributed by atoms with Gasteiger partial charge in [0.2, 0.25) is 5.95 Å². The Morgan fingerprint density at radius 3 is 2.76 bits per heavy atom. The van der Waals surface area contributed by atoms with Gasteiger partial charge in [0.05, 0.1) is 12.2 Å². The molecule has 0 spiro atoms. The number of rotatable bonds is 5. The highest BCUT2D eigenvalue weighted by molar-refractivity contribution is 7.10. The highest BCUT2D eigenvalue weighted by Crippen LogP contribution is 2.21. The third kappa shape index (κ3) is 3.00. The fraction of sp³-hybridized carbons (Fsp3) is 0.235. The summed E-state index contributed by atoms with van der Waals surface area (Å²) in [5.41, 5.74) is 3.56. The molecule has 1 aromatic carbocycles. The van der Waals surface area contributed by atoms with E-state index in [0.717, 1.165) is 30.3 Å². The molecule has 3 rings (SSSR count). The molecular formula is C17H19N3S. The number of hydrogen-bond donors (Lipinski definition) is 1. The van der Waals surface area contributed by atoms with Crippen molar-refractivity contribution in [3.05, 3.63) is 64.1 Å². The summed E-state index contributed by atoms with van der Waals surface area (Å²) in [7, 11) is 0. The van der Waals surface area contributed by atoms with Crippen molar-refractivity contribution in [2.75, 3.05) is 5.32 Å². The number of nitrogens with one attached hydrogen (secondary N) is 1. The smallest absolute Gasteiger partial charge is 0.208 e. The van der Waals surface area contributed by atoms with Gasteiger partial charge in [0.15, 0.2) is 0 Å². The number of thiophene rings is 1. The first-order valence-electron chi connectivity index (χ1n) is 7.18. The molecule has 0 aliphatic carbocycles. The lowest BCUT2D eigenvalue weighted by Gasteiger charge is -2.09. The number of hydrogen-bond acceptors (Lipinski definition) is 3. The average Bonchev–Trinajstić information content (AvgIpc) is 3.11. The Balaban J connectivity index is 1.83. The molecule has 0 saturated carbocycles. The standard InChI is InChI=1S/C17H19N3S/c1-3-14-9-10-21-16(14)11-18-17-19-13(2)12-20(17)15-7-5-4-6-8-15/h4-10,12H,3,11H2,1-2H3,(H,18,19). The van der Waals surface area contributed by atoms with Gasteiger partial charge < -0.3 is 5.32 Å². The van der Waals surface area contributed by atoms with Gasteiger partial charge in [-0.2, -0.15) is 0 Å². The monoisotopic (exact) mass is 297 g/mol. The van der Waals surface area contributed by atoms with Crippen molar-refractivity contribution in [2.45, 2.75) is 26.8 Å². The summed E-state index contributed by atoms with van der Waals surface area (Å²) >= 11 is 1.80. The van der Waals surface area contributed by atoms with Gasteiger partial charge in [-0.25, -0.2) is 4.98 Å². The van der Waals surface area contributed by atoms with Crippen LogP contribution in [0.2, 0.25) is 0 Å². The van der Waals surface area contributed by atoms with Crippen LogP contribution < -0.4 is 5.32 Å². The second kappa shape index (κ2) is 6.14. The number of para-hydroxylation sites is 1. The van der Waals surface area contributed by atoms with Crippen molar-refractivity contribution in [1.82, 2.24) is 9.55 Å². The van der Waals surface area contributed by atoms with Gasteiger partial charge >= 0.3 is 0 Å². The number of aryl methyl sites for hydroxylation is 2. The molecule has 0 saturated heterocycles. The van der Waals surface area contributed by atoms with Gasteiger partial charge in [-0.15, -0.1) is 11.3 Å². The molecule has 0 atom stereocenters. The van der Waals surface area contributed by atoms with E-state index >= 15 is 0 Å². The fourth-order valence-corrected chi connectivity index (χ4v) is 3.32. The lowest BCUT2D eigenvalue weighted by molar-refractivity contribution is 0.999. The minimum absolute atomic E-state index is 0.824. The van der Waals surface area contributed by atoms with E-state index in [1.807, 2.05) is 25.1 Å². The Bertz CT molecular complexity index is 713. The molecule has 0 fully saturated rings. The zero-order valence-corrected chi connectivity index (χ0v) is 13.2. The van der Waals surface area contributed by atoms with Gasteiger partial charge in [-0.3, -0.25) is 4.57 Å². The van der Waals surface area contributed by atoms with Crippen molar-refractivity contribution >= 4 is 17.3 Å². The molecule has 0 unspecified atom stereocenters. The maximum Gasteiger partial charge on any atom is 0.208 e. The number of anilines is 1. The predicted molar refractivity (Wildman–Crippen MR) is 89.3 cm³/mol. The zero-order valence-electron chi connectivity index (χ0n) is 12.3. The van der Waals surface area contributed by atoms with Crippen molar-refractivity contribution in [3.63, 3.8) is 0 Å². The van der Waals surface area contributed by atoms with E-state index < -0.39 is 0 Å². The van der Waals surface area contributed by atoms with Crippen LogP contribution in [0.3, 0.4) is 0 Å². The third-order valence-corrected chi connectivity index (χ3v) is 4.45. The van der Waals surface area contributed by atoms with Crippen LogP contribution in [0.15, 0.2) is 48.0 Å². The molecule has 2 heterocycles.